The Morgan fingerprint density at radius 1 is 0.864 bits per heavy atom. The van der Waals surface area contributed by atoms with E-state index in [1.807, 2.05) is 30.3 Å². The lowest BCUT2D eigenvalue weighted by Crippen LogP contribution is -1.96. The number of phenolic OH excluding ortho intramolecular Hbond substituents is 1. The van der Waals surface area contributed by atoms with Gasteiger partial charge in [0.05, 0.1) is 0 Å². The van der Waals surface area contributed by atoms with Crippen LogP contribution in [0.3, 0.4) is 0 Å². The molecule has 0 radical (unpaired) electrons. The Balaban J connectivity index is 1.93. The second-order valence-corrected chi connectivity index (χ2v) is 5.85. The summed E-state index contributed by atoms with van der Waals surface area (Å²) in [7, 11) is 0. The van der Waals surface area contributed by atoms with Gasteiger partial charge in [0.25, 0.3) is 0 Å². The van der Waals surface area contributed by atoms with Gasteiger partial charge in [0.2, 0.25) is 0 Å². The molecule has 0 unspecified atom stereocenters. The molecule has 0 fully saturated rings. The number of hydrogen-bond donors (Lipinski definition) is 2. The molecule has 0 heterocycles. The zero-order valence-corrected chi connectivity index (χ0v) is 13.5. The Labute approximate surface area is 134 Å². The highest BCUT2D eigenvalue weighted by molar-refractivity contribution is 5.64. The first-order valence-corrected chi connectivity index (χ1v) is 8.43. The lowest BCUT2D eigenvalue weighted by molar-refractivity contribution is 0.474. The van der Waals surface area contributed by atoms with Crippen LogP contribution in [0.4, 0.5) is 11.4 Å². The minimum Gasteiger partial charge on any atom is -0.508 e. The molecule has 0 saturated heterocycles. The summed E-state index contributed by atoms with van der Waals surface area (Å²) in [5.74, 6) is 0.347. The first-order valence-electron chi connectivity index (χ1n) is 8.43. The van der Waals surface area contributed by atoms with E-state index in [4.69, 9.17) is 0 Å². The van der Waals surface area contributed by atoms with Gasteiger partial charge in [-0.15, -0.1) is 0 Å². The number of anilines is 2. The van der Waals surface area contributed by atoms with Crippen LogP contribution in [-0.4, -0.2) is 5.11 Å². The summed E-state index contributed by atoms with van der Waals surface area (Å²) in [6.45, 7) is 2.24. The highest BCUT2D eigenvalue weighted by Gasteiger charge is 2.04. The summed E-state index contributed by atoms with van der Waals surface area (Å²) in [5.41, 5.74) is 3.37. The molecule has 0 atom stereocenters. The van der Waals surface area contributed by atoms with Crippen LogP contribution >= 0.6 is 0 Å². The van der Waals surface area contributed by atoms with Gasteiger partial charge in [0.1, 0.15) is 5.75 Å². The number of nitrogens with one attached hydrogen (secondary N) is 1. The standard InChI is InChI=1S/C20H27NO/c1-2-3-4-5-6-8-11-17-16-19(22)14-15-20(17)21-18-12-9-7-10-13-18/h7,9-10,12-16,21-22H,2-6,8,11H2,1H3. The number of rotatable bonds is 9. The molecule has 0 spiro atoms. The SMILES string of the molecule is CCCCCCCCc1cc(O)ccc1Nc1ccccc1. The van der Waals surface area contributed by atoms with E-state index < -0.39 is 0 Å². The van der Waals surface area contributed by atoms with Crippen LogP contribution in [0.15, 0.2) is 48.5 Å². The van der Waals surface area contributed by atoms with Gasteiger partial charge in [0.15, 0.2) is 0 Å². The number of hydrogen-bond acceptors (Lipinski definition) is 2. The smallest absolute Gasteiger partial charge is 0.116 e. The topological polar surface area (TPSA) is 32.3 Å². The van der Waals surface area contributed by atoms with E-state index >= 15 is 0 Å². The summed E-state index contributed by atoms with van der Waals surface area (Å²) in [4.78, 5) is 0. The second kappa shape index (κ2) is 9.14. The summed E-state index contributed by atoms with van der Waals surface area (Å²) in [6.07, 6.45) is 8.73. The monoisotopic (exact) mass is 297 g/mol. The largest absolute Gasteiger partial charge is 0.508 e. The number of benzene rings is 2. The lowest BCUT2D eigenvalue weighted by atomic mass is 10.0. The maximum absolute atomic E-state index is 9.75. The predicted molar refractivity (Wildman–Crippen MR) is 94.9 cm³/mol. The van der Waals surface area contributed by atoms with Crippen LogP contribution in [0.1, 0.15) is 51.0 Å². The molecule has 2 rings (SSSR count). The number of phenols is 1. The Bertz CT molecular complexity index is 551. The van der Waals surface area contributed by atoms with Gasteiger partial charge in [-0.05, 0) is 48.7 Å². The van der Waals surface area contributed by atoms with E-state index in [0.29, 0.717) is 5.75 Å². The molecule has 2 aromatic rings. The zero-order valence-electron chi connectivity index (χ0n) is 13.5. The summed E-state index contributed by atoms with van der Waals surface area (Å²) < 4.78 is 0. The van der Waals surface area contributed by atoms with E-state index in [9.17, 15) is 5.11 Å². The third-order valence-electron chi connectivity index (χ3n) is 3.94. The highest BCUT2D eigenvalue weighted by atomic mass is 16.3. The predicted octanol–water partition coefficient (Wildman–Crippen LogP) is 6.04. The van der Waals surface area contributed by atoms with Crippen molar-refractivity contribution in [3.05, 3.63) is 54.1 Å². The third-order valence-corrected chi connectivity index (χ3v) is 3.94. The van der Waals surface area contributed by atoms with Crippen LogP contribution in [0.25, 0.3) is 0 Å². The Hall–Kier alpha value is -1.96. The van der Waals surface area contributed by atoms with Crippen molar-refractivity contribution in [2.24, 2.45) is 0 Å². The Morgan fingerprint density at radius 3 is 2.36 bits per heavy atom. The van der Waals surface area contributed by atoms with Crippen molar-refractivity contribution in [1.29, 1.82) is 0 Å². The fourth-order valence-corrected chi connectivity index (χ4v) is 2.68. The average Bonchev–Trinajstić information content (AvgIpc) is 2.54. The van der Waals surface area contributed by atoms with Crippen LogP contribution in [0.5, 0.6) is 5.75 Å². The molecular formula is C20H27NO. The minimum absolute atomic E-state index is 0.347. The van der Waals surface area contributed by atoms with Crippen molar-refractivity contribution in [3.8, 4) is 5.75 Å². The number of aromatic hydroxyl groups is 1. The summed E-state index contributed by atoms with van der Waals surface area (Å²) in [6, 6.07) is 15.8. The average molecular weight is 297 g/mol. The van der Waals surface area contributed by atoms with Crippen molar-refractivity contribution in [3.63, 3.8) is 0 Å². The Kier molecular flexibility index (Phi) is 6.82. The number of unbranched alkanes of at least 4 members (excludes halogenated alkanes) is 5. The van der Waals surface area contributed by atoms with E-state index in [0.717, 1.165) is 17.8 Å². The first kappa shape index (κ1) is 16.4. The van der Waals surface area contributed by atoms with Gasteiger partial charge in [-0.2, -0.15) is 0 Å². The van der Waals surface area contributed by atoms with Crippen LogP contribution in [0, 0.1) is 0 Å². The molecule has 22 heavy (non-hydrogen) atoms. The molecular weight excluding hydrogens is 270 g/mol. The molecule has 2 heteroatoms. The number of aryl methyl sites for hydroxylation is 1. The molecule has 2 aromatic carbocycles. The maximum atomic E-state index is 9.75. The zero-order chi connectivity index (χ0) is 15.6. The molecule has 2 N–H and O–H groups in total. The normalized spacial score (nSPS) is 10.6. The van der Waals surface area contributed by atoms with Crippen LogP contribution in [-0.2, 0) is 6.42 Å². The molecule has 0 amide bonds. The van der Waals surface area contributed by atoms with Gasteiger partial charge in [-0.25, -0.2) is 0 Å². The highest BCUT2D eigenvalue weighted by Crippen LogP contribution is 2.26. The van der Waals surface area contributed by atoms with Gasteiger partial charge in [0, 0.05) is 11.4 Å². The van der Waals surface area contributed by atoms with Crippen molar-refractivity contribution < 1.29 is 5.11 Å². The third kappa shape index (κ3) is 5.44. The van der Waals surface area contributed by atoms with E-state index in [2.05, 4.69) is 24.4 Å². The van der Waals surface area contributed by atoms with Crippen molar-refractivity contribution >= 4 is 11.4 Å². The van der Waals surface area contributed by atoms with Crippen molar-refractivity contribution in [2.75, 3.05) is 5.32 Å². The van der Waals surface area contributed by atoms with E-state index in [-0.39, 0.29) is 0 Å². The number of para-hydroxylation sites is 1. The van der Waals surface area contributed by atoms with E-state index in [1.54, 1.807) is 6.07 Å². The summed E-state index contributed by atoms with van der Waals surface area (Å²) >= 11 is 0. The molecule has 2 nitrogen and oxygen atoms in total. The molecule has 0 aliphatic rings. The molecule has 0 bridgehead atoms. The molecule has 118 valence electrons. The van der Waals surface area contributed by atoms with Gasteiger partial charge >= 0.3 is 0 Å². The molecule has 0 saturated carbocycles. The molecule has 0 aliphatic heterocycles. The van der Waals surface area contributed by atoms with Gasteiger partial charge < -0.3 is 10.4 Å². The lowest BCUT2D eigenvalue weighted by Gasteiger charge is -2.13. The quantitative estimate of drug-likeness (QED) is 0.437. The van der Waals surface area contributed by atoms with Gasteiger partial charge in [-0.1, -0.05) is 57.2 Å². The molecule has 0 aliphatic carbocycles. The maximum Gasteiger partial charge on any atom is 0.116 e. The molecule has 0 aromatic heterocycles. The fraction of sp³-hybridized carbons (Fsp3) is 0.400. The van der Waals surface area contributed by atoms with E-state index in [1.165, 1.54) is 44.1 Å². The first-order chi connectivity index (χ1) is 10.8. The van der Waals surface area contributed by atoms with Crippen LogP contribution in [0.2, 0.25) is 0 Å². The van der Waals surface area contributed by atoms with Crippen LogP contribution < -0.4 is 5.32 Å². The Morgan fingerprint density at radius 2 is 1.59 bits per heavy atom. The second-order valence-electron chi connectivity index (χ2n) is 5.85. The van der Waals surface area contributed by atoms with Crippen molar-refractivity contribution in [1.82, 2.24) is 0 Å². The summed E-state index contributed by atoms with van der Waals surface area (Å²) in [5, 5.41) is 13.2. The van der Waals surface area contributed by atoms with Gasteiger partial charge in [-0.3, -0.25) is 0 Å². The van der Waals surface area contributed by atoms with Crippen molar-refractivity contribution in [2.45, 2.75) is 51.9 Å². The fourth-order valence-electron chi connectivity index (χ4n) is 2.68. The minimum atomic E-state index is 0.347.